The molecule has 0 spiro atoms. The van der Waals surface area contributed by atoms with Crippen LogP contribution in [-0.2, 0) is 6.54 Å². The van der Waals surface area contributed by atoms with Crippen LogP contribution in [0.25, 0.3) is 0 Å². The number of nitrogens with zero attached hydrogens (tertiary/aromatic N) is 2. The van der Waals surface area contributed by atoms with Crippen molar-refractivity contribution in [3.63, 3.8) is 0 Å². The Morgan fingerprint density at radius 3 is 2.45 bits per heavy atom. The summed E-state index contributed by atoms with van der Waals surface area (Å²) in [6.45, 7) is 7.60. The van der Waals surface area contributed by atoms with E-state index in [1.807, 2.05) is 11.3 Å². The monoisotopic (exact) mass is 293 g/mol. The molecule has 2 fully saturated rings. The first-order valence-electron chi connectivity index (χ1n) is 8.29. The van der Waals surface area contributed by atoms with Crippen LogP contribution in [0.4, 0.5) is 5.13 Å². The average molecular weight is 293 g/mol. The molecule has 3 nitrogen and oxygen atoms in total. The molecule has 0 aromatic carbocycles. The summed E-state index contributed by atoms with van der Waals surface area (Å²) in [4.78, 5) is 8.85. The highest BCUT2D eigenvalue weighted by Crippen LogP contribution is 2.44. The second kappa shape index (κ2) is 6.44. The van der Waals surface area contributed by atoms with Crippen LogP contribution in [0.1, 0.15) is 68.9 Å². The van der Waals surface area contributed by atoms with Crippen LogP contribution in [0.2, 0.25) is 0 Å². The molecular formula is C16H27N3S. The van der Waals surface area contributed by atoms with Gasteiger partial charge in [0.15, 0.2) is 5.13 Å². The summed E-state index contributed by atoms with van der Waals surface area (Å²) in [5.74, 6) is 0.760. The van der Waals surface area contributed by atoms with Gasteiger partial charge >= 0.3 is 0 Å². The zero-order chi connectivity index (χ0) is 13.9. The highest BCUT2D eigenvalue weighted by molar-refractivity contribution is 7.15. The summed E-state index contributed by atoms with van der Waals surface area (Å²) in [6.07, 6.45) is 8.22. The highest BCUT2D eigenvalue weighted by Gasteiger charge is 2.30. The van der Waals surface area contributed by atoms with E-state index in [-0.39, 0.29) is 0 Å². The Bertz CT molecular complexity index is 429. The Hall–Kier alpha value is -0.610. The van der Waals surface area contributed by atoms with Crippen molar-refractivity contribution >= 4 is 16.5 Å². The second-order valence-electron chi connectivity index (χ2n) is 6.11. The Labute approximate surface area is 126 Å². The van der Waals surface area contributed by atoms with E-state index in [1.165, 1.54) is 54.2 Å². The van der Waals surface area contributed by atoms with Gasteiger partial charge in [-0.15, -0.1) is 11.3 Å². The predicted molar refractivity (Wildman–Crippen MR) is 86.7 cm³/mol. The summed E-state index contributed by atoms with van der Waals surface area (Å²) in [7, 11) is 0. The number of aromatic nitrogens is 1. The summed E-state index contributed by atoms with van der Waals surface area (Å²) >= 11 is 1.92. The van der Waals surface area contributed by atoms with E-state index in [0.717, 1.165) is 31.6 Å². The van der Waals surface area contributed by atoms with Gasteiger partial charge in [0.05, 0.1) is 5.69 Å². The smallest absolute Gasteiger partial charge is 0.185 e. The van der Waals surface area contributed by atoms with Crippen LogP contribution in [0, 0.1) is 0 Å². The van der Waals surface area contributed by atoms with Crippen molar-refractivity contribution in [3.8, 4) is 0 Å². The van der Waals surface area contributed by atoms with Crippen molar-refractivity contribution < 1.29 is 0 Å². The fourth-order valence-corrected chi connectivity index (χ4v) is 4.37. The van der Waals surface area contributed by atoms with Gasteiger partial charge in [-0.1, -0.05) is 12.8 Å². The molecule has 2 saturated carbocycles. The van der Waals surface area contributed by atoms with Crippen molar-refractivity contribution in [1.82, 2.24) is 10.3 Å². The number of rotatable bonds is 7. The molecule has 4 heteroatoms. The van der Waals surface area contributed by atoms with E-state index in [1.54, 1.807) is 0 Å². The van der Waals surface area contributed by atoms with Crippen molar-refractivity contribution in [2.45, 2.75) is 70.9 Å². The molecule has 1 aromatic heterocycles. The third kappa shape index (κ3) is 3.17. The lowest BCUT2D eigenvalue weighted by atomic mass is 10.2. The fraction of sp³-hybridized carbons (Fsp3) is 0.812. The SMILES string of the molecule is CCN(CC)c1nc(C2CC2)c(CNC2CCCC2)s1. The lowest BCUT2D eigenvalue weighted by molar-refractivity contribution is 0.525. The van der Waals surface area contributed by atoms with Gasteiger partial charge in [0.25, 0.3) is 0 Å². The Balaban J connectivity index is 1.70. The zero-order valence-electron chi connectivity index (χ0n) is 12.8. The van der Waals surface area contributed by atoms with E-state index >= 15 is 0 Å². The third-order valence-corrected chi connectivity index (χ3v) is 5.75. The molecule has 0 radical (unpaired) electrons. The molecule has 0 saturated heterocycles. The largest absolute Gasteiger partial charge is 0.349 e. The summed E-state index contributed by atoms with van der Waals surface area (Å²) in [5, 5.41) is 5.00. The van der Waals surface area contributed by atoms with Gasteiger partial charge in [-0.2, -0.15) is 0 Å². The van der Waals surface area contributed by atoms with Crippen LogP contribution in [0.5, 0.6) is 0 Å². The maximum Gasteiger partial charge on any atom is 0.185 e. The molecular weight excluding hydrogens is 266 g/mol. The first kappa shape index (κ1) is 14.3. The Kier molecular flexibility index (Phi) is 4.61. The normalized spacial score (nSPS) is 19.7. The first-order chi connectivity index (χ1) is 9.81. The highest BCUT2D eigenvalue weighted by atomic mass is 32.1. The number of thiazole rings is 1. The molecule has 0 bridgehead atoms. The van der Waals surface area contributed by atoms with Crippen LogP contribution in [0.15, 0.2) is 0 Å². The van der Waals surface area contributed by atoms with Gasteiger partial charge in [0, 0.05) is 36.5 Å². The van der Waals surface area contributed by atoms with E-state index < -0.39 is 0 Å². The molecule has 112 valence electrons. The van der Waals surface area contributed by atoms with Gasteiger partial charge in [-0.25, -0.2) is 4.98 Å². The van der Waals surface area contributed by atoms with Crippen molar-refractivity contribution in [3.05, 3.63) is 10.6 Å². The van der Waals surface area contributed by atoms with Gasteiger partial charge < -0.3 is 10.2 Å². The predicted octanol–water partition coefficient (Wildman–Crippen LogP) is 3.90. The first-order valence-corrected chi connectivity index (χ1v) is 9.11. The maximum atomic E-state index is 4.96. The van der Waals surface area contributed by atoms with Gasteiger partial charge in [0.1, 0.15) is 0 Å². The molecule has 1 heterocycles. The lowest BCUT2D eigenvalue weighted by Crippen LogP contribution is -2.25. The van der Waals surface area contributed by atoms with E-state index in [2.05, 4.69) is 24.1 Å². The standard InChI is InChI=1S/C16H27N3S/c1-3-19(4-2)16-18-15(12-9-10-12)14(20-16)11-17-13-7-5-6-8-13/h12-13,17H,3-11H2,1-2H3. The van der Waals surface area contributed by atoms with Crippen molar-refractivity contribution in [1.29, 1.82) is 0 Å². The summed E-state index contributed by atoms with van der Waals surface area (Å²) in [5.41, 5.74) is 1.40. The van der Waals surface area contributed by atoms with E-state index in [9.17, 15) is 0 Å². The third-order valence-electron chi connectivity index (χ3n) is 4.62. The van der Waals surface area contributed by atoms with Crippen LogP contribution in [0.3, 0.4) is 0 Å². The number of hydrogen-bond acceptors (Lipinski definition) is 4. The topological polar surface area (TPSA) is 28.2 Å². The van der Waals surface area contributed by atoms with E-state index in [0.29, 0.717) is 0 Å². The molecule has 0 aliphatic heterocycles. The Morgan fingerprint density at radius 2 is 1.85 bits per heavy atom. The van der Waals surface area contributed by atoms with Crippen LogP contribution >= 0.6 is 11.3 Å². The van der Waals surface area contributed by atoms with Crippen LogP contribution in [-0.4, -0.2) is 24.1 Å². The van der Waals surface area contributed by atoms with Gasteiger partial charge in [-0.3, -0.25) is 0 Å². The molecule has 2 aliphatic carbocycles. The molecule has 0 unspecified atom stereocenters. The summed E-state index contributed by atoms with van der Waals surface area (Å²) in [6, 6.07) is 0.751. The molecule has 20 heavy (non-hydrogen) atoms. The molecule has 0 amide bonds. The number of hydrogen-bond donors (Lipinski definition) is 1. The lowest BCUT2D eigenvalue weighted by Gasteiger charge is -2.16. The molecule has 1 aromatic rings. The number of nitrogens with one attached hydrogen (secondary N) is 1. The molecule has 1 N–H and O–H groups in total. The molecule has 3 rings (SSSR count). The minimum absolute atomic E-state index is 0.751. The maximum absolute atomic E-state index is 4.96. The minimum atomic E-state index is 0.751. The number of anilines is 1. The van der Waals surface area contributed by atoms with Gasteiger partial charge in [0.2, 0.25) is 0 Å². The van der Waals surface area contributed by atoms with Crippen LogP contribution < -0.4 is 10.2 Å². The van der Waals surface area contributed by atoms with Crippen molar-refractivity contribution in [2.24, 2.45) is 0 Å². The van der Waals surface area contributed by atoms with Crippen molar-refractivity contribution in [2.75, 3.05) is 18.0 Å². The fourth-order valence-electron chi connectivity index (χ4n) is 3.15. The second-order valence-corrected chi connectivity index (χ2v) is 7.18. The van der Waals surface area contributed by atoms with Gasteiger partial charge in [-0.05, 0) is 39.5 Å². The minimum Gasteiger partial charge on any atom is -0.349 e. The Morgan fingerprint density at radius 1 is 1.15 bits per heavy atom. The average Bonchev–Trinajstić information content (AvgIpc) is 3.01. The van der Waals surface area contributed by atoms with E-state index in [4.69, 9.17) is 4.98 Å². The zero-order valence-corrected chi connectivity index (χ0v) is 13.6. The molecule has 2 aliphatic rings. The molecule has 0 atom stereocenters. The quantitative estimate of drug-likeness (QED) is 0.826. The summed E-state index contributed by atoms with van der Waals surface area (Å²) < 4.78 is 0.